The molecule has 4 nitrogen and oxygen atoms in total. The standard InChI is InChI=1S/C21H27N3O/c1-16-8-10-17(11-9-16)15-23-19-12-13-22-20(14-19)21(25)24-18-6-4-2-3-5-7-18/h8-14,18H,2-7,15H2,1H3,(H,22,23)(H,24,25). The molecule has 25 heavy (non-hydrogen) atoms. The number of pyridine rings is 1. The van der Waals surface area contributed by atoms with Crippen molar-refractivity contribution in [2.45, 2.75) is 58.0 Å². The molecule has 2 N–H and O–H groups in total. The van der Waals surface area contributed by atoms with Gasteiger partial charge in [-0.2, -0.15) is 0 Å². The molecule has 1 fully saturated rings. The molecular weight excluding hydrogens is 310 g/mol. The maximum Gasteiger partial charge on any atom is 0.270 e. The lowest BCUT2D eigenvalue weighted by Gasteiger charge is -2.16. The van der Waals surface area contributed by atoms with Crippen molar-refractivity contribution in [3.63, 3.8) is 0 Å². The van der Waals surface area contributed by atoms with E-state index in [9.17, 15) is 4.79 Å². The van der Waals surface area contributed by atoms with E-state index >= 15 is 0 Å². The molecule has 0 unspecified atom stereocenters. The van der Waals surface area contributed by atoms with Crippen LogP contribution in [-0.4, -0.2) is 16.9 Å². The summed E-state index contributed by atoms with van der Waals surface area (Å²) in [5.41, 5.74) is 3.87. The van der Waals surface area contributed by atoms with E-state index in [1.165, 1.54) is 36.8 Å². The average Bonchev–Trinajstić information content (AvgIpc) is 2.90. The molecule has 1 aromatic heterocycles. The maximum absolute atomic E-state index is 12.5. The molecule has 1 aliphatic carbocycles. The Morgan fingerprint density at radius 3 is 2.52 bits per heavy atom. The Balaban J connectivity index is 1.58. The second kappa shape index (κ2) is 8.65. The van der Waals surface area contributed by atoms with Crippen molar-refractivity contribution >= 4 is 11.6 Å². The summed E-state index contributed by atoms with van der Waals surface area (Å²) in [6, 6.07) is 12.5. The van der Waals surface area contributed by atoms with Crippen molar-refractivity contribution < 1.29 is 4.79 Å². The van der Waals surface area contributed by atoms with Crippen molar-refractivity contribution in [3.8, 4) is 0 Å². The average molecular weight is 337 g/mol. The van der Waals surface area contributed by atoms with Gasteiger partial charge < -0.3 is 10.6 Å². The predicted octanol–water partition coefficient (Wildman–Crippen LogP) is 4.45. The van der Waals surface area contributed by atoms with Crippen molar-refractivity contribution in [1.29, 1.82) is 0 Å². The third-order valence-corrected chi connectivity index (χ3v) is 4.80. The number of anilines is 1. The van der Waals surface area contributed by atoms with Crippen molar-refractivity contribution in [2.24, 2.45) is 0 Å². The first-order valence-corrected chi connectivity index (χ1v) is 9.27. The van der Waals surface area contributed by atoms with Crippen LogP contribution in [-0.2, 0) is 6.54 Å². The monoisotopic (exact) mass is 337 g/mol. The number of hydrogen-bond donors (Lipinski definition) is 2. The number of amides is 1. The van der Waals surface area contributed by atoms with Crippen LogP contribution >= 0.6 is 0 Å². The minimum absolute atomic E-state index is 0.0640. The van der Waals surface area contributed by atoms with Gasteiger partial charge in [0.2, 0.25) is 0 Å². The normalized spacial score (nSPS) is 15.4. The number of aryl methyl sites for hydroxylation is 1. The largest absolute Gasteiger partial charge is 0.381 e. The van der Waals surface area contributed by atoms with Crippen LogP contribution in [0.2, 0.25) is 0 Å². The van der Waals surface area contributed by atoms with Crippen LogP contribution in [0.25, 0.3) is 0 Å². The van der Waals surface area contributed by atoms with Crippen molar-refractivity contribution in [1.82, 2.24) is 10.3 Å². The van der Waals surface area contributed by atoms with Crippen LogP contribution in [0.1, 0.15) is 60.1 Å². The quantitative estimate of drug-likeness (QED) is 0.792. The number of carbonyl (C=O) groups excluding carboxylic acids is 1. The Morgan fingerprint density at radius 2 is 1.80 bits per heavy atom. The Morgan fingerprint density at radius 1 is 1.08 bits per heavy atom. The Kier molecular flexibility index (Phi) is 6.04. The van der Waals surface area contributed by atoms with Crippen LogP contribution in [0, 0.1) is 6.92 Å². The van der Waals surface area contributed by atoms with E-state index in [-0.39, 0.29) is 5.91 Å². The molecule has 0 spiro atoms. The minimum atomic E-state index is -0.0640. The van der Waals surface area contributed by atoms with Gasteiger partial charge in [-0.05, 0) is 37.5 Å². The molecule has 1 saturated carbocycles. The van der Waals surface area contributed by atoms with Crippen LogP contribution in [0.4, 0.5) is 5.69 Å². The van der Waals surface area contributed by atoms with E-state index < -0.39 is 0 Å². The first-order valence-electron chi connectivity index (χ1n) is 9.27. The van der Waals surface area contributed by atoms with Gasteiger partial charge in [0.25, 0.3) is 5.91 Å². The second-order valence-corrected chi connectivity index (χ2v) is 6.93. The summed E-state index contributed by atoms with van der Waals surface area (Å²) in [7, 11) is 0. The first-order chi connectivity index (χ1) is 12.2. The van der Waals surface area contributed by atoms with Crippen LogP contribution in [0.3, 0.4) is 0 Å². The minimum Gasteiger partial charge on any atom is -0.381 e. The van der Waals surface area contributed by atoms with Gasteiger partial charge in [0.15, 0.2) is 0 Å². The van der Waals surface area contributed by atoms with Gasteiger partial charge in [-0.1, -0.05) is 55.5 Å². The molecular formula is C21H27N3O. The zero-order valence-electron chi connectivity index (χ0n) is 14.9. The zero-order chi connectivity index (χ0) is 17.5. The number of nitrogens with one attached hydrogen (secondary N) is 2. The fraction of sp³-hybridized carbons (Fsp3) is 0.429. The molecule has 0 bridgehead atoms. The highest BCUT2D eigenvalue weighted by Gasteiger charge is 2.16. The predicted molar refractivity (Wildman–Crippen MR) is 102 cm³/mol. The lowest BCUT2D eigenvalue weighted by Crippen LogP contribution is -2.34. The van der Waals surface area contributed by atoms with E-state index in [1.54, 1.807) is 6.20 Å². The lowest BCUT2D eigenvalue weighted by molar-refractivity contribution is 0.0928. The molecule has 1 aromatic carbocycles. The molecule has 4 heteroatoms. The summed E-state index contributed by atoms with van der Waals surface area (Å²) in [6.07, 6.45) is 8.83. The van der Waals surface area contributed by atoms with E-state index in [1.807, 2.05) is 12.1 Å². The van der Waals surface area contributed by atoms with Gasteiger partial charge in [0.1, 0.15) is 5.69 Å². The number of nitrogens with zero attached hydrogens (tertiary/aromatic N) is 1. The van der Waals surface area contributed by atoms with E-state index in [0.717, 1.165) is 25.1 Å². The van der Waals surface area contributed by atoms with Gasteiger partial charge in [-0.3, -0.25) is 9.78 Å². The number of rotatable bonds is 5. The van der Waals surface area contributed by atoms with Gasteiger partial charge in [0.05, 0.1) is 0 Å². The van der Waals surface area contributed by atoms with Gasteiger partial charge in [-0.25, -0.2) is 0 Å². The summed E-state index contributed by atoms with van der Waals surface area (Å²) < 4.78 is 0. The molecule has 1 aliphatic rings. The third kappa shape index (κ3) is 5.31. The smallest absolute Gasteiger partial charge is 0.270 e. The number of benzene rings is 1. The summed E-state index contributed by atoms with van der Waals surface area (Å²) in [5.74, 6) is -0.0640. The molecule has 1 heterocycles. The van der Waals surface area contributed by atoms with Crippen molar-refractivity contribution in [2.75, 3.05) is 5.32 Å². The second-order valence-electron chi connectivity index (χ2n) is 6.93. The summed E-state index contributed by atoms with van der Waals surface area (Å²) in [6.45, 7) is 2.81. The molecule has 2 aromatic rings. The van der Waals surface area contributed by atoms with Crippen LogP contribution in [0.15, 0.2) is 42.6 Å². The summed E-state index contributed by atoms with van der Waals surface area (Å²) in [4.78, 5) is 16.7. The number of carbonyl (C=O) groups is 1. The zero-order valence-corrected chi connectivity index (χ0v) is 14.9. The van der Waals surface area contributed by atoms with E-state index in [0.29, 0.717) is 11.7 Å². The van der Waals surface area contributed by atoms with Gasteiger partial charge >= 0.3 is 0 Å². The highest BCUT2D eigenvalue weighted by Crippen LogP contribution is 2.18. The van der Waals surface area contributed by atoms with E-state index in [4.69, 9.17) is 0 Å². The number of aromatic nitrogens is 1. The van der Waals surface area contributed by atoms with Gasteiger partial charge in [-0.15, -0.1) is 0 Å². The first kappa shape index (κ1) is 17.5. The Labute approximate surface area is 150 Å². The summed E-state index contributed by atoms with van der Waals surface area (Å²) in [5, 5.41) is 6.52. The fourth-order valence-corrected chi connectivity index (χ4v) is 3.26. The van der Waals surface area contributed by atoms with Crippen molar-refractivity contribution in [3.05, 3.63) is 59.4 Å². The van der Waals surface area contributed by atoms with Gasteiger partial charge in [0, 0.05) is 24.5 Å². The molecule has 0 saturated heterocycles. The van der Waals surface area contributed by atoms with Crippen LogP contribution < -0.4 is 10.6 Å². The fourth-order valence-electron chi connectivity index (χ4n) is 3.26. The van der Waals surface area contributed by atoms with Crippen LogP contribution in [0.5, 0.6) is 0 Å². The maximum atomic E-state index is 12.5. The Bertz CT molecular complexity index is 689. The highest BCUT2D eigenvalue weighted by molar-refractivity contribution is 5.93. The molecule has 1 amide bonds. The third-order valence-electron chi connectivity index (χ3n) is 4.80. The Hall–Kier alpha value is -2.36. The highest BCUT2D eigenvalue weighted by atomic mass is 16.1. The number of hydrogen-bond acceptors (Lipinski definition) is 3. The summed E-state index contributed by atoms with van der Waals surface area (Å²) >= 11 is 0. The topological polar surface area (TPSA) is 54.0 Å². The lowest BCUT2D eigenvalue weighted by atomic mass is 10.1. The SMILES string of the molecule is Cc1ccc(CNc2ccnc(C(=O)NC3CCCCCC3)c2)cc1. The molecule has 0 atom stereocenters. The molecule has 0 radical (unpaired) electrons. The molecule has 3 rings (SSSR count). The van der Waals surface area contributed by atoms with E-state index in [2.05, 4.69) is 46.8 Å². The molecule has 0 aliphatic heterocycles. The molecule has 132 valence electrons.